The van der Waals surface area contributed by atoms with Gasteiger partial charge in [-0.25, -0.2) is 19.2 Å². The summed E-state index contributed by atoms with van der Waals surface area (Å²) in [4.78, 5) is 43.7. The molecule has 1 heterocycles. The molecule has 1 unspecified atom stereocenters. The summed E-state index contributed by atoms with van der Waals surface area (Å²) in [7, 11) is 1.29. The number of methoxy groups -OCH3 is 1. The Bertz CT molecular complexity index is 976. The molecule has 11 nitrogen and oxygen atoms in total. The van der Waals surface area contributed by atoms with Gasteiger partial charge in [0.25, 0.3) is 0 Å². The molecule has 0 saturated heterocycles. The minimum atomic E-state index is -1.82. The van der Waals surface area contributed by atoms with Gasteiger partial charge in [-0.2, -0.15) is 0 Å². The summed E-state index contributed by atoms with van der Waals surface area (Å²) in [6, 6.07) is 7.05. The van der Waals surface area contributed by atoms with Crippen LogP contribution in [0.4, 0.5) is 0 Å². The van der Waals surface area contributed by atoms with Crippen LogP contribution in [0.3, 0.4) is 0 Å². The molecule has 0 radical (unpaired) electrons. The predicted octanol–water partition coefficient (Wildman–Crippen LogP) is 1.42. The molecule has 186 valence electrons. The van der Waals surface area contributed by atoms with Gasteiger partial charge in [-0.3, -0.25) is 0 Å². The van der Waals surface area contributed by atoms with E-state index < -0.39 is 29.8 Å². The van der Waals surface area contributed by atoms with Crippen LogP contribution in [0.25, 0.3) is 0 Å². The van der Waals surface area contributed by atoms with Gasteiger partial charge in [0.1, 0.15) is 0 Å². The normalized spacial score (nSPS) is 15.0. The van der Waals surface area contributed by atoms with Crippen molar-refractivity contribution in [3.05, 3.63) is 57.4 Å². The van der Waals surface area contributed by atoms with Gasteiger partial charge < -0.3 is 35.5 Å². The molecule has 0 amide bonds. The van der Waals surface area contributed by atoms with Crippen LogP contribution in [0, 0.1) is 0 Å². The van der Waals surface area contributed by atoms with Crippen LogP contribution in [0.2, 0.25) is 5.02 Å². The molecular formula is C22H27ClN2O9. The summed E-state index contributed by atoms with van der Waals surface area (Å²) in [5, 5.41) is 18.3. The van der Waals surface area contributed by atoms with Crippen LogP contribution >= 0.6 is 11.6 Å². The number of nitrogens with one attached hydrogen (secondary N) is 1. The third kappa shape index (κ3) is 7.58. The van der Waals surface area contributed by atoms with Crippen molar-refractivity contribution in [1.29, 1.82) is 0 Å². The maximum absolute atomic E-state index is 12.9. The second-order valence-corrected chi connectivity index (χ2v) is 7.08. The number of carboxylic acids is 2. The lowest BCUT2D eigenvalue weighted by Crippen LogP contribution is -2.35. The highest BCUT2D eigenvalue weighted by Crippen LogP contribution is 2.41. The highest BCUT2D eigenvalue weighted by Gasteiger charge is 2.39. The lowest BCUT2D eigenvalue weighted by atomic mass is 9.80. The first-order valence-electron chi connectivity index (χ1n) is 10.0. The van der Waals surface area contributed by atoms with E-state index in [1.807, 2.05) is 0 Å². The smallest absolute Gasteiger partial charge is 0.414 e. The lowest BCUT2D eigenvalue weighted by molar-refractivity contribution is -0.159. The molecule has 0 aliphatic carbocycles. The summed E-state index contributed by atoms with van der Waals surface area (Å²) >= 11 is 6.42. The zero-order chi connectivity index (χ0) is 25.8. The zero-order valence-corrected chi connectivity index (χ0v) is 19.7. The topological polar surface area (TPSA) is 174 Å². The van der Waals surface area contributed by atoms with Crippen molar-refractivity contribution >= 4 is 35.5 Å². The first-order valence-corrected chi connectivity index (χ1v) is 10.4. The summed E-state index contributed by atoms with van der Waals surface area (Å²) < 4.78 is 15.8. The fourth-order valence-corrected chi connectivity index (χ4v) is 3.36. The fourth-order valence-electron chi connectivity index (χ4n) is 3.12. The number of dihydropyridines is 1. The predicted molar refractivity (Wildman–Crippen MR) is 121 cm³/mol. The van der Waals surface area contributed by atoms with E-state index in [1.165, 1.54) is 7.11 Å². The average Bonchev–Trinajstić information content (AvgIpc) is 2.79. The van der Waals surface area contributed by atoms with E-state index in [0.29, 0.717) is 40.7 Å². The molecule has 1 aliphatic heterocycles. The Hall–Kier alpha value is -3.41. The minimum Gasteiger partial charge on any atom is -0.473 e. The summed E-state index contributed by atoms with van der Waals surface area (Å²) in [6.07, 6.45) is 0. The van der Waals surface area contributed by atoms with Gasteiger partial charge in [-0.05, 0) is 25.5 Å². The van der Waals surface area contributed by atoms with Crippen LogP contribution in [0.15, 0.2) is 46.8 Å². The van der Waals surface area contributed by atoms with Gasteiger partial charge in [0.15, 0.2) is 0 Å². The molecule has 0 fully saturated rings. The van der Waals surface area contributed by atoms with Crippen molar-refractivity contribution in [2.75, 3.05) is 33.5 Å². The van der Waals surface area contributed by atoms with E-state index in [4.69, 9.17) is 51.3 Å². The number of nitrogens with two attached hydrogens (primary N) is 1. The van der Waals surface area contributed by atoms with E-state index >= 15 is 0 Å². The van der Waals surface area contributed by atoms with Gasteiger partial charge >= 0.3 is 23.9 Å². The molecule has 2 rings (SSSR count). The summed E-state index contributed by atoms with van der Waals surface area (Å²) in [5.41, 5.74) is 7.70. The van der Waals surface area contributed by atoms with Crippen molar-refractivity contribution < 1.29 is 43.6 Å². The van der Waals surface area contributed by atoms with Gasteiger partial charge in [0.2, 0.25) is 0 Å². The van der Waals surface area contributed by atoms with Crippen LogP contribution < -0.4 is 11.1 Å². The number of halogens is 1. The van der Waals surface area contributed by atoms with E-state index in [1.54, 1.807) is 38.1 Å². The number of allylic oxidation sites excluding steroid dienone is 1. The van der Waals surface area contributed by atoms with Crippen molar-refractivity contribution in [2.45, 2.75) is 19.8 Å². The van der Waals surface area contributed by atoms with Crippen molar-refractivity contribution in [3.63, 3.8) is 0 Å². The molecule has 1 aliphatic rings. The SMILES string of the molecule is CCOC(=O)C1=C(COCCN)NC(C)=C(C(=O)OC)C1c1ccccc1Cl.O=C(O)C(=O)O. The molecule has 0 aromatic heterocycles. The number of ether oxygens (including phenoxy) is 3. The number of hydrogen-bond acceptors (Lipinski definition) is 9. The molecule has 12 heteroatoms. The highest BCUT2D eigenvalue weighted by molar-refractivity contribution is 6.31. The van der Waals surface area contributed by atoms with Gasteiger partial charge in [-0.15, -0.1) is 0 Å². The quantitative estimate of drug-likeness (QED) is 0.232. The fraction of sp³-hybridized carbons (Fsp3) is 0.364. The molecule has 0 bridgehead atoms. The Morgan fingerprint density at radius 3 is 2.21 bits per heavy atom. The number of carbonyl (C=O) groups excluding carboxylic acids is 2. The number of carbonyl (C=O) groups is 4. The molecule has 1 atom stereocenters. The number of aliphatic carboxylic acids is 2. The second kappa shape index (κ2) is 14.0. The summed E-state index contributed by atoms with van der Waals surface area (Å²) in [5.74, 6) is -5.51. The van der Waals surface area contributed by atoms with Crippen LogP contribution in [-0.2, 0) is 33.4 Å². The molecule has 5 N–H and O–H groups in total. The first-order chi connectivity index (χ1) is 16.1. The second-order valence-electron chi connectivity index (χ2n) is 6.67. The maximum atomic E-state index is 12.9. The molecule has 1 aromatic carbocycles. The Morgan fingerprint density at radius 2 is 1.71 bits per heavy atom. The van der Waals surface area contributed by atoms with Crippen molar-refractivity contribution in [2.24, 2.45) is 5.73 Å². The third-order valence-corrected chi connectivity index (χ3v) is 4.80. The maximum Gasteiger partial charge on any atom is 0.414 e. The van der Waals surface area contributed by atoms with E-state index in [0.717, 1.165) is 0 Å². The van der Waals surface area contributed by atoms with E-state index in [2.05, 4.69) is 5.32 Å². The Labute approximate surface area is 201 Å². The van der Waals surface area contributed by atoms with Crippen molar-refractivity contribution in [3.8, 4) is 0 Å². The largest absolute Gasteiger partial charge is 0.473 e. The highest BCUT2D eigenvalue weighted by atomic mass is 35.5. The van der Waals surface area contributed by atoms with Crippen molar-refractivity contribution in [1.82, 2.24) is 5.32 Å². The van der Waals surface area contributed by atoms with Gasteiger partial charge in [-0.1, -0.05) is 29.8 Å². The average molecular weight is 499 g/mol. The molecule has 0 spiro atoms. The summed E-state index contributed by atoms with van der Waals surface area (Å²) in [6.45, 7) is 4.42. The third-order valence-electron chi connectivity index (χ3n) is 4.45. The zero-order valence-electron chi connectivity index (χ0n) is 18.9. The Morgan fingerprint density at radius 1 is 1.09 bits per heavy atom. The molecule has 1 aromatic rings. The number of hydrogen-bond donors (Lipinski definition) is 4. The molecule has 34 heavy (non-hydrogen) atoms. The first kappa shape index (κ1) is 28.6. The van der Waals surface area contributed by atoms with Crippen LogP contribution in [-0.4, -0.2) is 67.6 Å². The van der Waals surface area contributed by atoms with Gasteiger partial charge in [0.05, 0.1) is 49.7 Å². The van der Waals surface area contributed by atoms with E-state index in [-0.39, 0.29) is 18.8 Å². The monoisotopic (exact) mass is 498 g/mol. The van der Waals surface area contributed by atoms with Crippen LogP contribution in [0.1, 0.15) is 25.3 Å². The number of rotatable bonds is 8. The van der Waals surface area contributed by atoms with Gasteiger partial charge in [0, 0.05) is 17.3 Å². The number of carboxylic acid groups (broad SMARTS) is 2. The lowest BCUT2D eigenvalue weighted by Gasteiger charge is -2.31. The minimum absolute atomic E-state index is 0.109. The van der Waals surface area contributed by atoms with Crippen LogP contribution in [0.5, 0.6) is 0 Å². The Kier molecular flexibility index (Phi) is 11.8. The number of esters is 2. The Balaban J connectivity index is 0.000000852. The molecule has 0 saturated carbocycles. The standard InChI is InChI=1S/C20H25ClN2O5.C2H2O4/c1-4-28-20(25)18-15(11-27-10-9-22)23-12(2)16(19(24)26-3)17(18)13-7-5-6-8-14(13)21;3-1(4)2(5)6/h5-8,17,23H,4,9-11,22H2,1-3H3;(H,3,4)(H,5,6). The molecular weight excluding hydrogens is 472 g/mol. The number of benzene rings is 1. The van der Waals surface area contributed by atoms with E-state index in [9.17, 15) is 9.59 Å².